The Kier molecular flexibility index (Phi) is 10.7. The van der Waals surface area contributed by atoms with Crippen molar-refractivity contribution >= 4 is 58.7 Å². The fourth-order valence-corrected chi connectivity index (χ4v) is 5.41. The molecule has 8 nitrogen and oxygen atoms in total. The number of carboxylic acids is 1. The first kappa shape index (κ1) is 31.9. The molecule has 0 bridgehead atoms. The van der Waals surface area contributed by atoms with Crippen LogP contribution in [0.25, 0.3) is 0 Å². The largest absolute Gasteiger partial charge is 0.481 e. The quantitative estimate of drug-likeness (QED) is 0.170. The highest BCUT2D eigenvalue weighted by atomic mass is 35.5. The van der Waals surface area contributed by atoms with Crippen molar-refractivity contribution in [1.82, 2.24) is 5.43 Å². The number of hydrogen-bond donors (Lipinski definition) is 3. The van der Waals surface area contributed by atoms with Crippen molar-refractivity contribution in [1.29, 1.82) is 0 Å². The fraction of sp³-hybridized carbons (Fsp3) is 0.267. The normalized spacial score (nSPS) is 13.6. The zero-order valence-electron chi connectivity index (χ0n) is 22.8. The summed E-state index contributed by atoms with van der Waals surface area (Å²) >= 11 is 6.88. The second kappa shape index (κ2) is 14.4. The van der Waals surface area contributed by atoms with Crippen LogP contribution < -0.4 is 15.6 Å². The molecule has 1 aliphatic rings. The first-order valence-corrected chi connectivity index (χ1v) is 14.8. The van der Waals surface area contributed by atoms with E-state index < -0.39 is 34.5 Å². The van der Waals surface area contributed by atoms with Gasteiger partial charge in [0.2, 0.25) is 0 Å². The van der Waals surface area contributed by atoms with Gasteiger partial charge in [0.1, 0.15) is 0 Å². The summed E-state index contributed by atoms with van der Waals surface area (Å²) in [6.45, 7) is 1.63. The van der Waals surface area contributed by atoms with E-state index in [1.807, 2.05) is 6.07 Å². The maximum atomic E-state index is 13.3. The number of amides is 2. The predicted octanol–water partition coefficient (Wildman–Crippen LogP) is 6.68. The maximum Gasteiger partial charge on any atom is 0.417 e. The molecule has 43 heavy (non-hydrogen) atoms. The highest BCUT2D eigenvalue weighted by molar-refractivity contribution is 7.99. The van der Waals surface area contributed by atoms with Crippen LogP contribution >= 0.6 is 23.4 Å². The van der Waals surface area contributed by atoms with Crippen molar-refractivity contribution in [3.63, 3.8) is 0 Å². The van der Waals surface area contributed by atoms with Crippen molar-refractivity contribution in [2.75, 3.05) is 29.1 Å². The lowest BCUT2D eigenvalue weighted by atomic mass is 10.1. The number of hydrazone groups is 1. The Labute approximate surface area is 255 Å². The predicted molar refractivity (Wildman–Crippen MR) is 162 cm³/mol. The van der Waals surface area contributed by atoms with Crippen LogP contribution in [-0.2, 0) is 16.7 Å². The molecule has 1 fully saturated rings. The molecule has 0 radical (unpaired) electrons. The maximum absolute atomic E-state index is 13.3. The number of hydrogen-bond acceptors (Lipinski definition) is 6. The van der Waals surface area contributed by atoms with E-state index in [4.69, 9.17) is 16.7 Å². The number of alkyl halides is 3. The number of halogens is 4. The average Bonchev–Trinajstić information content (AvgIpc) is 2.98. The number of rotatable bonds is 10. The highest BCUT2D eigenvalue weighted by Gasteiger charge is 2.33. The summed E-state index contributed by atoms with van der Waals surface area (Å²) < 4.78 is 39.6. The SMILES string of the molecule is O=C(O)CSCc1cccc(C(=O)Nc2ccc(N3CCCCC3)cc2C(=O)N/N=C\c2ccc(Cl)c(C(F)(F)F)c2)c1. The van der Waals surface area contributed by atoms with Crippen LogP contribution in [0.1, 0.15) is 56.7 Å². The van der Waals surface area contributed by atoms with Gasteiger partial charge < -0.3 is 15.3 Å². The van der Waals surface area contributed by atoms with Gasteiger partial charge in [-0.25, -0.2) is 5.43 Å². The van der Waals surface area contributed by atoms with E-state index in [2.05, 4.69) is 20.7 Å². The zero-order chi connectivity index (χ0) is 31.0. The monoisotopic (exact) mass is 632 g/mol. The third-order valence-electron chi connectivity index (χ3n) is 6.58. The minimum Gasteiger partial charge on any atom is -0.481 e. The molecule has 4 rings (SSSR count). The van der Waals surface area contributed by atoms with Crippen LogP contribution in [0.2, 0.25) is 5.02 Å². The summed E-state index contributed by atoms with van der Waals surface area (Å²) in [4.78, 5) is 39.4. The molecule has 226 valence electrons. The van der Waals surface area contributed by atoms with Gasteiger partial charge in [-0.15, -0.1) is 11.8 Å². The summed E-state index contributed by atoms with van der Waals surface area (Å²) in [7, 11) is 0. The van der Waals surface area contributed by atoms with Crippen LogP contribution in [0.4, 0.5) is 24.5 Å². The van der Waals surface area contributed by atoms with E-state index in [0.717, 1.165) is 62.0 Å². The van der Waals surface area contributed by atoms with Gasteiger partial charge in [0.25, 0.3) is 11.8 Å². The molecule has 2 amide bonds. The Morgan fingerprint density at radius 2 is 1.77 bits per heavy atom. The number of carbonyl (C=O) groups excluding carboxylic acids is 2. The van der Waals surface area contributed by atoms with Crippen molar-refractivity contribution in [3.05, 3.63) is 93.5 Å². The zero-order valence-corrected chi connectivity index (χ0v) is 24.4. The molecule has 0 spiro atoms. The third-order valence-corrected chi connectivity index (χ3v) is 7.89. The molecule has 1 aliphatic heterocycles. The number of nitrogens with zero attached hydrogens (tertiary/aromatic N) is 2. The van der Waals surface area contributed by atoms with E-state index in [-0.39, 0.29) is 22.6 Å². The third kappa shape index (κ3) is 8.98. The first-order chi connectivity index (χ1) is 20.5. The second-order valence-corrected chi connectivity index (χ2v) is 11.1. The number of benzene rings is 3. The van der Waals surface area contributed by atoms with E-state index in [0.29, 0.717) is 11.3 Å². The van der Waals surface area contributed by atoms with Crippen molar-refractivity contribution in [2.24, 2.45) is 5.10 Å². The molecule has 0 saturated carbocycles. The summed E-state index contributed by atoms with van der Waals surface area (Å²) in [6, 6.07) is 15.1. The van der Waals surface area contributed by atoms with Crippen molar-refractivity contribution in [3.8, 4) is 0 Å². The van der Waals surface area contributed by atoms with Crippen LogP contribution in [0.5, 0.6) is 0 Å². The molecule has 0 unspecified atom stereocenters. The Hall–Kier alpha value is -4.03. The number of thioether (sulfide) groups is 1. The molecule has 3 aromatic rings. The van der Waals surface area contributed by atoms with Gasteiger partial charge in [0.15, 0.2) is 0 Å². The van der Waals surface area contributed by atoms with Gasteiger partial charge in [-0.05, 0) is 72.9 Å². The Morgan fingerprint density at radius 3 is 2.49 bits per heavy atom. The molecule has 13 heteroatoms. The van der Waals surface area contributed by atoms with Gasteiger partial charge in [0, 0.05) is 30.1 Å². The number of aliphatic carboxylic acids is 1. The van der Waals surface area contributed by atoms with Gasteiger partial charge in [-0.1, -0.05) is 29.8 Å². The van der Waals surface area contributed by atoms with Crippen LogP contribution in [-0.4, -0.2) is 47.9 Å². The summed E-state index contributed by atoms with van der Waals surface area (Å²) in [5, 5.41) is 15.0. The Balaban J connectivity index is 1.55. The smallest absolute Gasteiger partial charge is 0.417 e. The molecule has 3 aromatic carbocycles. The summed E-state index contributed by atoms with van der Waals surface area (Å²) in [6.07, 6.45) is -0.451. The Bertz CT molecular complexity index is 1530. The molecule has 0 aromatic heterocycles. The van der Waals surface area contributed by atoms with Crippen LogP contribution in [0.3, 0.4) is 0 Å². The number of carboxylic acid groups (broad SMARTS) is 1. The average molecular weight is 633 g/mol. The lowest BCUT2D eigenvalue weighted by Crippen LogP contribution is -2.30. The standard InChI is InChI=1S/C30H28ClF3N4O4S/c31-25-9-7-19(14-24(25)30(32,33)34)16-35-37-29(42)23-15-22(38-11-2-1-3-12-38)8-10-26(23)36-28(41)21-6-4-5-20(13-21)17-43-18-27(39)40/h4-10,13-16H,1-3,11-12,17-18H2,(H,36,41)(H,37,42)(H,39,40)/b35-16-. The minimum atomic E-state index is -4.65. The van der Waals surface area contributed by atoms with Gasteiger partial charge in [-0.2, -0.15) is 18.3 Å². The molecular formula is C30H28ClF3N4O4S. The van der Waals surface area contributed by atoms with E-state index in [9.17, 15) is 27.6 Å². The first-order valence-electron chi connectivity index (χ1n) is 13.3. The van der Waals surface area contributed by atoms with Crippen LogP contribution in [0.15, 0.2) is 65.8 Å². The van der Waals surface area contributed by atoms with Gasteiger partial charge in [0.05, 0.1) is 33.8 Å². The number of anilines is 2. The number of nitrogens with one attached hydrogen (secondary N) is 2. The van der Waals surface area contributed by atoms with Gasteiger partial charge >= 0.3 is 12.1 Å². The van der Waals surface area contributed by atoms with E-state index in [1.54, 1.807) is 36.4 Å². The molecular weight excluding hydrogens is 605 g/mol. The number of piperidine rings is 1. The topological polar surface area (TPSA) is 111 Å². The van der Waals surface area contributed by atoms with E-state index >= 15 is 0 Å². The second-order valence-electron chi connectivity index (χ2n) is 9.75. The number of carbonyl (C=O) groups is 3. The molecule has 0 aliphatic carbocycles. The lowest BCUT2D eigenvalue weighted by molar-refractivity contribution is -0.137. The summed E-state index contributed by atoms with van der Waals surface area (Å²) in [5.74, 6) is -1.74. The van der Waals surface area contributed by atoms with E-state index in [1.165, 1.54) is 17.8 Å². The Morgan fingerprint density at radius 1 is 1.00 bits per heavy atom. The minimum absolute atomic E-state index is 0.0672. The summed E-state index contributed by atoms with van der Waals surface area (Å²) in [5.41, 5.74) is 3.61. The lowest BCUT2D eigenvalue weighted by Gasteiger charge is -2.29. The molecule has 1 heterocycles. The van der Waals surface area contributed by atoms with Gasteiger partial charge in [-0.3, -0.25) is 14.4 Å². The molecule has 3 N–H and O–H groups in total. The fourth-order valence-electron chi connectivity index (χ4n) is 4.50. The highest BCUT2D eigenvalue weighted by Crippen LogP contribution is 2.35. The van der Waals surface area contributed by atoms with Crippen LogP contribution in [0, 0.1) is 0 Å². The van der Waals surface area contributed by atoms with Crippen molar-refractivity contribution < 1.29 is 32.7 Å². The van der Waals surface area contributed by atoms with Crippen molar-refractivity contribution in [2.45, 2.75) is 31.2 Å². The molecule has 0 atom stereocenters. The molecule has 1 saturated heterocycles.